The summed E-state index contributed by atoms with van der Waals surface area (Å²) in [6, 6.07) is 13.3. The van der Waals surface area contributed by atoms with Gasteiger partial charge in [0.05, 0.1) is 0 Å². The van der Waals surface area contributed by atoms with Gasteiger partial charge in [0.25, 0.3) is 0 Å². The van der Waals surface area contributed by atoms with Crippen LogP contribution in [-0.4, -0.2) is 40.1 Å². The number of amides is 2. The summed E-state index contributed by atoms with van der Waals surface area (Å²) in [5.41, 5.74) is 1.51. The number of phenolic OH excluding ortho intramolecular Hbond substituents is 1. The molecule has 29 heavy (non-hydrogen) atoms. The van der Waals surface area contributed by atoms with Gasteiger partial charge in [0, 0.05) is 19.3 Å². The molecule has 0 fully saturated rings. The van der Waals surface area contributed by atoms with Gasteiger partial charge >= 0.3 is 5.97 Å². The third-order valence-corrected chi connectivity index (χ3v) is 4.40. The van der Waals surface area contributed by atoms with Gasteiger partial charge < -0.3 is 20.8 Å². The molecule has 0 bridgehead atoms. The van der Waals surface area contributed by atoms with Gasteiger partial charge in [0.15, 0.2) is 0 Å². The molecule has 7 heteroatoms. The number of hydrogen-bond donors (Lipinski definition) is 4. The van der Waals surface area contributed by atoms with Crippen molar-refractivity contribution < 1.29 is 24.6 Å². The lowest BCUT2D eigenvalue weighted by molar-refractivity contribution is -0.142. The van der Waals surface area contributed by atoms with Gasteiger partial charge in [-0.15, -0.1) is 0 Å². The summed E-state index contributed by atoms with van der Waals surface area (Å²) in [6.45, 7) is 1.87. The summed E-state index contributed by atoms with van der Waals surface area (Å²) < 4.78 is 0. The standard InChI is InChI=1S/C22H26N2O5/c1-2-6-20(26)23-18(13-15-7-4-3-5-8-15)21(27)24-19(22(28)29)14-16-9-11-17(25)12-10-16/h3-5,7-12,18-19,25H,2,6,13-14H2,1H3,(H,23,26)(H,24,27)(H,28,29). The highest BCUT2D eigenvalue weighted by Crippen LogP contribution is 2.12. The molecule has 0 saturated carbocycles. The highest BCUT2D eigenvalue weighted by atomic mass is 16.4. The van der Waals surface area contributed by atoms with E-state index in [2.05, 4.69) is 10.6 Å². The summed E-state index contributed by atoms with van der Waals surface area (Å²) in [5, 5.41) is 24.1. The van der Waals surface area contributed by atoms with Crippen LogP contribution in [0.3, 0.4) is 0 Å². The Morgan fingerprint density at radius 2 is 1.45 bits per heavy atom. The van der Waals surface area contributed by atoms with Crippen LogP contribution in [0.25, 0.3) is 0 Å². The normalized spacial score (nSPS) is 12.6. The number of hydrogen-bond acceptors (Lipinski definition) is 4. The van der Waals surface area contributed by atoms with E-state index in [0.717, 1.165) is 5.56 Å². The van der Waals surface area contributed by atoms with Crippen LogP contribution in [0.2, 0.25) is 0 Å². The van der Waals surface area contributed by atoms with E-state index < -0.39 is 24.0 Å². The minimum atomic E-state index is -1.18. The van der Waals surface area contributed by atoms with E-state index in [1.807, 2.05) is 37.3 Å². The Labute approximate surface area is 169 Å². The molecule has 0 radical (unpaired) electrons. The van der Waals surface area contributed by atoms with E-state index in [0.29, 0.717) is 12.0 Å². The lowest BCUT2D eigenvalue weighted by atomic mass is 10.0. The average Bonchev–Trinajstić information content (AvgIpc) is 2.69. The maximum Gasteiger partial charge on any atom is 0.326 e. The lowest BCUT2D eigenvalue weighted by Crippen LogP contribution is -2.53. The molecule has 0 spiro atoms. The van der Waals surface area contributed by atoms with Gasteiger partial charge in [-0.25, -0.2) is 4.79 Å². The third-order valence-electron chi connectivity index (χ3n) is 4.40. The van der Waals surface area contributed by atoms with Gasteiger partial charge in [-0.2, -0.15) is 0 Å². The molecule has 2 aromatic rings. The molecule has 0 aromatic heterocycles. The topological polar surface area (TPSA) is 116 Å². The minimum Gasteiger partial charge on any atom is -0.508 e. The molecule has 0 aliphatic rings. The van der Waals surface area contributed by atoms with E-state index in [1.54, 1.807) is 12.1 Å². The number of aromatic hydroxyl groups is 1. The third kappa shape index (κ3) is 7.29. The maximum atomic E-state index is 12.8. The fourth-order valence-corrected chi connectivity index (χ4v) is 2.89. The molecule has 0 aliphatic heterocycles. The van der Waals surface area contributed by atoms with E-state index in [4.69, 9.17) is 0 Å². The zero-order valence-corrected chi connectivity index (χ0v) is 16.3. The fourth-order valence-electron chi connectivity index (χ4n) is 2.89. The Morgan fingerprint density at radius 3 is 2.03 bits per heavy atom. The minimum absolute atomic E-state index is 0.0579. The van der Waals surface area contributed by atoms with E-state index in [-0.39, 0.29) is 30.9 Å². The van der Waals surface area contributed by atoms with Crippen molar-refractivity contribution in [3.63, 3.8) is 0 Å². The number of aliphatic carboxylic acids is 1. The molecule has 0 saturated heterocycles. The predicted octanol–water partition coefficient (Wildman–Crippen LogP) is 2.03. The number of carboxylic acid groups (broad SMARTS) is 1. The van der Waals surface area contributed by atoms with Crippen LogP contribution in [0.4, 0.5) is 0 Å². The van der Waals surface area contributed by atoms with Gasteiger partial charge in [-0.05, 0) is 29.7 Å². The summed E-state index contributed by atoms with van der Waals surface area (Å²) in [6.07, 6.45) is 1.24. The first kappa shape index (κ1) is 21.9. The monoisotopic (exact) mass is 398 g/mol. The number of rotatable bonds is 10. The fraction of sp³-hybridized carbons (Fsp3) is 0.318. The molecule has 7 nitrogen and oxygen atoms in total. The average molecular weight is 398 g/mol. The van der Waals surface area contributed by atoms with Gasteiger partial charge in [0.1, 0.15) is 17.8 Å². The Hall–Kier alpha value is -3.35. The van der Waals surface area contributed by atoms with Crippen molar-refractivity contribution in [2.24, 2.45) is 0 Å². The Bertz CT molecular complexity index is 821. The molecular formula is C22H26N2O5. The molecule has 0 heterocycles. The zero-order chi connectivity index (χ0) is 21.2. The van der Waals surface area contributed by atoms with Crippen LogP contribution in [-0.2, 0) is 27.2 Å². The number of carbonyl (C=O) groups excluding carboxylic acids is 2. The number of phenols is 1. The molecular weight excluding hydrogens is 372 g/mol. The van der Waals surface area contributed by atoms with Crippen molar-refractivity contribution in [2.45, 2.75) is 44.7 Å². The summed E-state index contributed by atoms with van der Waals surface area (Å²) in [5.74, 6) is -1.91. The first-order valence-corrected chi connectivity index (χ1v) is 9.53. The number of nitrogens with one attached hydrogen (secondary N) is 2. The molecule has 2 rings (SSSR count). The van der Waals surface area contributed by atoms with Crippen LogP contribution in [0.5, 0.6) is 5.75 Å². The second-order valence-corrected chi connectivity index (χ2v) is 6.83. The number of carbonyl (C=O) groups is 3. The van der Waals surface area contributed by atoms with Crippen LogP contribution < -0.4 is 10.6 Å². The van der Waals surface area contributed by atoms with E-state index >= 15 is 0 Å². The Balaban J connectivity index is 2.12. The molecule has 154 valence electrons. The molecule has 2 atom stereocenters. The van der Waals surface area contributed by atoms with Crippen molar-refractivity contribution in [3.8, 4) is 5.75 Å². The first-order chi connectivity index (χ1) is 13.9. The number of benzene rings is 2. The van der Waals surface area contributed by atoms with Crippen molar-refractivity contribution in [1.82, 2.24) is 10.6 Å². The summed E-state index contributed by atoms with van der Waals surface area (Å²) in [4.78, 5) is 36.5. The molecule has 0 aliphatic carbocycles. The van der Waals surface area contributed by atoms with E-state index in [9.17, 15) is 24.6 Å². The Kier molecular flexibility index (Phi) is 8.21. The highest BCUT2D eigenvalue weighted by Gasteiger charge is 2.27. The van der Waals surface area contributed by atoms with Crippen LogP contribution in [0.15, 0.2) is 54.6 Å². The largest absolute Gasteiger partial charge is 0.508 e. The highest BCUT2D eigenvalue weighted by molar-refractivity contribution is 5.90. The maximum absolute atomic E-state index is 12.8. The predicted molar refractivity (Wildman–Crippen MR) is 108 cm³/mol. The van der Waals surface area contributed by atoms with Crippen LogP contribution >= 0.6 is 0 Å². The zero-order valence-electron chi connectivity index (χ0n) is 16.3. The second-order valence-electron chi connectivity index (χ2n) is 6.83. The van der Waals surface area contributed by atoms with Crippen molar-refractivity contribution in [1.29, 1.82) is 0 Å². The van der Waals surface area contributed by atoms with Crippen LogP contribution in [0.1, 0.15) is 30.9 Å². The summed E-state index contributed by atoms with van der Waals surface area (Å²) in [7, 11) is 0. The Morgan fingerprint density at radius 1 is 0.862 bits per heavy atom. The SMILES string of the molecule is CCCC(=O)NC(Cc1ccccc1)C(=O)NC(Cc1ccc(O)cc1)C(=O)O. The smallest absolute Gasteiger partial charge is 0.326 e. The lowest BCUT2D eigenvalue weighted by Gasteiger charge is -2.22. The first-order valence-electron chi connectivity index (χ1n) is 9.53. The summed E-state index contributed by atoms with van der Waals surface area (Å²) >= 11 is 0. The van der Waals surface area contributed by atoms with Crippen molar-refractivity contribution in [2.75, 3.05) is 0 Å². The second kappa shape index (κ2) is 10.8. The van der Waals surface area contributed by atoms with Gasteiger partial charge in [-0.1, -0.05) is 49.4 Å². The molecule has 2 unspecified atom stereocenters. The van der Waals surface area contributed by atoms with Gasteiger partial charge in [0.2, 0.25) is 11.8 Å². The molecule has 2 amide bonds. The quantitative estimate of drug-likeness (QED) is 0.489. The van der Waals surface area contributed by atoms with E-state index in [1.165, 1.54) is 12.1 Å². The van der Waals surface area contributed by atoms with Gasteiger partial charge in [-0.3, -0.25) is 9.59 Å². The van der Waals surface area contributed by atoms with Crippen molar-refractivity contribution in [3.05, 3.63) is 65.7 Å². The van der Waals surface area contributed by atoms with Crippen LogP contribution in [0, 0.1) is 0 Å². The molecule has 4 N–H and O–H groups in total. The number of carboxylic acids is 1. The van der Waals surface area contributed by atoms with Crippen molar-refractivity contribution >= 4 is 17.8 Å². The molecule has 2 aromatic carbocycles.